The zero-order valence-electron chi connectivity index (χ0n) is 13.6. The molecule has 6 heteroatoms. The summed E-state index contributed by atoms with van der Waals surface area (Å²) in [4.78, 5) is 12.0. The summed E-state index contributed by atoms with van der Waals surface area (Å²) >= 11 is 5.91. The number of nitrogens with zero attached hydrogens (tertiary/aromatic N) is 3. The third kappa shape index (κ3) is 3.32. The van der Waals surface area contributed by atoms with E-state index >= 15 is 0 Å². The van der Waals surface area contributed by atoms with E-state index in [9.17, 15) is 0 Å². The Hall–Kier alpha value is -1.85. The van der Waals surface area contributed by atoms with Crippen molar-refractivity contribution in [1.82, 2.24) is 15.3 Å². The van der Waals surface area contributed by atoms with Crippen LogP contribution in [0.5, 0.6) is 5.75 Å². The van der Waals surface area contributed by atoms with E-state index in [0.29, 0.717) is 11.6 Å². The summed E-state index contributed by atoms with van der Waals surface area (Å²) < 4.78 is 5.83. The molecule has 0 bridgehead atoms. The zero-order valence-corrected chi connectivity index (χ0v) is 14.4. The van der Waals surface area contributed by atoms with Gasteiger partial charge in [-0.05, 0) is 43.5 Å². The van der Waals surface area contributed by atoms with E-state index in [1.54, 1.807) is 0 Å². The number of rotatable bonds is 4. The maximum atomic E-state index is 5.91. The van der Waals surface area contributed by atoms with Gasteiger partial charge in [-0.3, -0.25) is 0 Å². The average molecular weight is 345 g/mol. The zero-order chi connectivity index (χ0) is 16.4. The second-order valence-corrected chi connectivity index (χ2v) is 6.66. The summed E-state index contributed by atoms with van der Waals surface area (Å²) in [7, 11) is 0. The molecule has 0 radical (unpaired) electrons. The predicted octanol–water partition coefficient (Wildman–Crippen LogP) is 2.61. The fourth-order valence-electron chi connectivity index (χ4n) is 3.34. The SMILES string of the molecule is Clc1ccc(OCc2nc3c(c(N4CCNCC4)n2)CCC3)cc1. The van der Waals surface area contributed by atoms with Crippen molar-refractivity contribution in [3.05, 3.63) is 46.4 Å². The summed E-state index contributed by atoms with van der Waals surface area (Å²) in [6.45, 7) is 4.40. The Kier molecular flexibility index (Phi) is 4.54. The van der Waals surface area contributed by atoms with Crippen molar-refractivity contribution in [2.75, 3.05) is 31.1 Å². The Morgan fingerprint density at radius 1 is 1.08 bits per heavy atom. The fraction of sp³-hybridized carbons (Fsp3) is 0.444. The lowest BCUT2D eigenvalue weighted by Gasteiger charge is -2.30. The van der Waals surface area contributed by atoms with Gasteiger partial charge in [-0.1, -0.05) is 11.6 Å². The smallest absolute Gasteiger partial charge is 0.168 e. The van der Waals surface area contributed by atoms with E-state index in [1.165, 1.54) is 17.7 Å². The molecule has 1 aliphatic heterocycles. The van der Waals surface area contributed by atoms with Gasteiger partial charge in [-0.25, -0.2) is 9.97 Å². The quantitative estimate of drug-likeness (QED) is 0.924. The van der Waals surface area contributed by atoms with E-state index < -0.39 is 0 Å². The van der Waals surface area contributed by atoms with E-state index in [1.807, 2.05) is 24.3 Å². The minimum Gasteiger partial charge on any atom is -0.486 e. The second-order valence-electron chi connectivity index (χ2n) is 6.22. The van der Waals surface area contributed by atoms with Crippen LogP contribution < -0.4 is 15.0 Å². The van der Waals surface area contributed by atoms with Gasteiger partial charge in [0.15, 0.2) is 5.82 Å². The second kappa shape index (κ2) is 6.95. The summed E-state index contributed by atoms with van der Waals surface area (Å²) in [6.07, 6.45) is 3.31. The normalized spacial score (nSPS) is 17.0. The highest BCUT2D eigenvalue weighted by atomic mass is 35.5. The molecule has 0 amide bonds. The molecule has 4 rings (SSSR count). The van der Waals surface area contributed by atoms with Gasteiger partial charge in [0, 0.05) is 42.5 Å². The van der Waals surface area contributed by atoms with Crippen LogP contribution >= 0.6 is 11.6 Å². The van der Waals surface area contributed by atoms with Crippen molar-refractivity contribution < 1.29 is 4.74 Å². The molecule has 2 aliphatic rings. The van der Waals surface area contributed by atoms with Gasteiger partial charge in [0.2, 0.25) is 0 Å². The summed E-state index contributed by atoms with van der Waals surface area (Å²) in [5, 5.41) is 4.10. The van der Waals surface area contributed by atoms with Gasteiger partial charge in [0.1, 0.15) is 18.2 Å². The standard InChI is InChI=1S/C18H21ClN4O/c19-13-4-6-14(7-5-13)24-12-17-21-16-3-1-2-15(16)18(22-17)23-10-8-20-9-11-23/h4-7,20H,1-3,8-12H2. The number of hydrogen-bond donors (Lipinski definition) is 1. The van der Waals surface area contributed by atoms with Gasteiger partial charge in [-0.15, -0.1) is 0 Å². The molecule has 0 atom stereocenters. The number of hydrogen-bond acceptors (Lipinski definition) is 5. The molecule has 1 saturated heterocycles. The number of piperazine rings is 1. The molecule has 1 fully saturated rings. The maximum Gasteiger partial charge on any atom is 0.168 e. The van der Waals surface area contributed by atoms with Crippen LogP contribution in [-0.4, -0.2) is 36.1 Å². The number of halogens is 1. The first-order valence-corrected chi connectivity index (χ1v) is 8.90. The highest BCUT2D eigenvalue weighted by Gasteiger charge is 2.24. The van der Waals surface area contributed by atoms with Crippen molar-refractivity contribution in [2.45, 2.75) is 25.9 Å². The van der Waals surface area contributed by atoms with Crippen molar-refractivity contribution in [3.63, 3.8) is 0 Å². The van der Waals surface area contributed by atoms with E-state index in [0.717, 1.165) is 56.4 Å². The summed E-state index contributed by atoms with van der Waals surface area (Å²) in [6, 6.07) is 7.39. The van der Waals surface area contributed by atoms with Gasteiger partial charge in [0.05, 0.1) is 0 Å². The topological polar surface area (TPSA) is 50.3 Å². The third-order valence-electron chi connectivity index (χ3n) is 4.56. The molecule has 2 aromatic rings. The fourth-order valence-corrected chi connectivity index (χ4v) is 3.47. The highest BCUT2D eigenvalue weighted by Crippen LogP contribution is 2.29. The van der Waals surface area contributed by atoms with Gasteiger partial charge >= 0.3 is 0 Å². The average Bonchev–Trinajstić information content (AvgIpc) is 3.10. The number of aromatic nitrogens is 2. The Morgan fingerprint density at radius 3 is 2.67 bits per heavy atom. The number of aryl methyl sites for hydroxylation is 1. The lowest BCUT2D eigenvalue weighted by Crippen LogP contribution is -2.44. The van der Waals surface area contributed by atoms with Crippen LogP contribution in [-0.2, 0) is 19.4 Å². The number of fused-ring (bicyclic) bond motifs is 1. The molecule has 0 spiro atoms. The third-order valence-corrected chi connectivity index (χ3v) is 4.81. The summed E-state index contributed by atoms with van der Waals surface area (Å²) in [5.74, 6) is 2.67. The first-order valence-electron chi connectivity index (χ1n) is 8.52. The first kappa shape index (κ1) is 15.7. The largest absolute Gasteiger partial charge is 0.486 e. The molecular formula is C18H21ClN4O. The number of ether oxygens (including phenoxy) is 1. The molecule has 0 saturated carbocycles. The number of benzene rings is 1. The monoisotopic (exact) mass is 344 g/mol. The minimum atomic E-state index is 0.383. The first-order chi connectivity index (χ1) is 11.8. The molecule has 24 heavy (non-hydrogen) atoms. The van der Waals surface area contributed by atoms with Crippen LogP contribution in [0, 0.1) is 0 Å². The van der Waals surface area contributed by atoms with Crippen molar-refractivity contribution in [3.8, 4) is 5.75 Å². The highest BCUT2D eigenvalue weighted by molar-refractivity contribution is 6.30. The van der Waals surface area contributed by atoms with Crippen LogP contribution in [0.2, 0.25) is 5.02 Å². The van der Waals surface area contributed by atoms with Crippen LogP contribution in [0.1, 0.15) is 23.5 Å². The minimum absolute atomic E-state index is 0.383. The van der Waals surface area contributed by atoms with Crippen molar-refractivity contribution in [1.29, 1.82) is 0 Å². The van der Waals surface area contributed by atoms with Gasteiger partial charge in [-0.2, -0.15) is 0 Å². The number of anilines is 1. The molecule has 0 unspecified atom stereocenters. The lowest BCUT2D eigenvalue weighted by molar-refractivity contribution is 0.295. The molecule has 5 nitrogen and oxygen atoms in total. The predicted molar refractivity (Wildman–Crippen MR) is 94.9 cm³/mol. The summed E-state index contributed by atoms with van der Waals surface area (Å²) in [5.41, 5.74) is 2.54. The van der Waals surface area contributed by atoms with Gasteiger partial charge in [0.25, 0.3) is 0 Å². The molecule has 2 heterocycles. The Labute approximate surface area is 147 Å². The van der Waals surface area contributed by atoms with E-state index in [-0.39, 0.29) is 0 Å². The molecule has 126 valence electrons. The van der Waals surface area contributed by atoms with Crippen LogP contribution in [0.25, 0.3) is 0 Å². The Balaban J connectivity index is 1.55. The van der Waals surface area contributed by atoms with Gasteiger partial charge < -0.3 is 15.0 Å². The van der Waals surface area contributed by atoms with E-state index in [2.05, 4.69) is 10.2 Å². The lowest BCUT2D eigenvalue weighted by atomic mass is 10.2. The molecular weight excluding hydrogens is 324 g/mol. The van der Waals surface area contributed by atoms with Crippen molar-refractivity contribution in [2.24, 2.45) is 0 Å². The number of nitrogens with one attached hydrogen (secondary N) is 1. The molecule has 1 aromatic carbocycles. The van der Waals surface area contributed by atoms with Crippen LogP contribution in [0.15, 0.2) is 24.3 Å². The molecule has 1 aromatic heterocycles. The van der Waals surface area contributed by atoms with Crippen LogP contribution in [0.3, 0.4) is 0 Å². The Bertz CT molecular complexity index is 714. The van der Waals surface area contributed by atoms with Crippen LogP contribution in [0.4, 0.5) is 5.82 Å². The Morgan fingerprint density at radius 2 is 1.88 bits per heavy atom. The van der Waals surface area contributed by atoms with Crippen molar-refractivity contribution >= 4 is 17.4 Å². The molecule has 1 N–H and O–H groups in total. The maximum absolute atomic E-state index is 5.91. The van der Waals surface area contributed by atoms with E-state index in [4.69, 9.17) is 26.3 Å². The molecule has 1 aliphatic carbocycles.